The highest BCUT2D eigenvalue weighted by atomic mass is 16.4. The summed E-state index contributed by atoms with van der Waals surface area (Å²) in [7, 11) is 0. The van der Waals surface area contributed by atoms with Gasteiger partial charge in [0.05, 0.1) is 5.92 Å². The molecule has 106 valence electrons. The molecule has 1 aromatic rings. The number of rotatable bonds is 3. The van der Waals surface area contributed by atoms with Crippen LogP contribution in [0.1, 0.15) is 24.0 Å². The molecular formula is C16H18NO3-. The third-order valence-electron chi connectivity index (χ3n) is 3.85. The SMILES string of the molecule is Cc1ccc(NC(=O)[C@H]2CC=CC[C@H]2C(=O)[O-])cc1C. The average molecular weight is 272 g/mol. The maximum absolute atomic E-state index is 12.2. The molecule has 0 unspecified atom stereocenters. The van der Waals surface area contributed by atoms with Gasteiger partial charge in [-0.3, -0.25) is 4.79 Å². The predicted molar refractivity (Wildman–Crippen MR) is 74.9 cm³/mol. The molecule has 4 nitrogen and oxygen atoms in total. The van der Waals surface area contributed by atoms with E-state index in [1.54, 1.807) is 6.08 Å². The first-order chi connectivity index (χ1) is 9.49. The zero-order chi connectivity index (χ0) is 14.7. The summed E-state index contributed by atoms with van der Waals surface area (Å²) in [5.74, 6) is -2.72. The van der Waals surface area contributed by atoms with Crippen molar-refractivity contribution in [2.24, 2.45) is 11.8 Å². The second kappa shape index (κ2) is 5.90. The normalized spacial score (nSPS) is 21.5. The smallest absolute Gasteiger partial charge is 0.228 e. The van der Waals surface area contributed by atoms with E-state index in [1.807, 2.05) is 38.1 Å². The highest BCUT2D eigenvalue weighted by Crippen LogP contribution is 2.27. The monoisotopic (exact) mass is 272 g/mol. The van der Waals surface area contributed by atoms with E-state index < -0.39 is 17.8 Å². The minimum atomic E-state index is -1.16. The topological polar surface area (TPSA) is 69.2 Å². The molecule has 1 N–H and O–H groups in total. The van der Waals surface area contributed by atoms with E-state index in [1.165, 1.54) is 0 Å². The van der Waals surface area contributed by atoms with Gasteiger partial charge in [-0.25, -0.2) is 0 Å². The molecular weight excluding hydrogens is 254 g/mol. The lowest BCUT2D eigenvalue weighted by Gasteiger charge is -2.28. The molecule has 0 aromatic heterocycles. The van der Waals surface area contributed by atoms with Crippen molar-refractivity contribution in [1.82, 2.24) is 0 Å². The number of hydrogen-bond acceptors (Lipinski definition) is 3. The zero-order valence-corrected chi connectivity index (χ0v) is 11.7. The van der Waals surface area contributed by atoms with E-state index in [0.717, 1.165) is 11.1 Å². The fraction of sp³-hybridized carbons (Fsp3) is 0.375. The molecule has 2 atom stereocenters. The van der Waals surface area contributed by atoms with E-state index in [4.69, 9.17) is 0 Å². The number of aryl methyl sites for hydroxylation is 2. The van der Waals surface area contributed by atoms with Gasteiger partial charge in [0, 0.05) is 17.6 Å². The summed E-state index contributed by atoms with van der Waals surface area (Å²) in [5, 5.41) is 13.9. The van der Waals surface area contributed by atoms with Crippen molar-refractivity contribution in [2.45, 2.75) is 26.7 Å². The van der Waals surface area contributed by atoms with Crippen molar-refractivity contribution < 1.29 is 14.7 Å². The Morgan fingerprint density at radius 2 is 1.75 bits per heavy atom. The average Bonchev–Trinajstić information content (AvgIpc) is 2.43. The van der Waals surface area contributed by atoms with Gasteiger partial charge in [0.15, 0.2) is 0 Å². The number of amides is 1. The Hall–Kier alpha value is -2.10. The molecule has 4 heteroatoms. The maximum Gasteiger partial charge on any atom is 0.228 e. The molecule has 0 aliphatic heterocycles. The van der Waals surface area contributed by atoms with Crippen LogP contribution >= 0.6 is 0 Å². The molecule has 1 amide bonds. The highest BCUT2D eigenvalue weighted by Gasteiger charge is 2.29. The number of carbonyl (C=O) groups excluding carboxylic acids is 2. The molecule has 0 saturated heterocycles. The second-order valence-corrected chi connectivity index (χ2v) is 5.26. The van der Waals surface area contributed by atoms with Crippen LogP contribution in [0.2, 0.25) is 0 Å². The first-order valence-corrected chi connectivity index (χ1v) is 6.73. The summed E-state index contributed by atoms with van der Waals surface area (Å²) < 4.78 is 0. The minimum absolute atomic E-state index is 0.258. The molecule has 0 bridgehead atoms. The molecule has 1 aliphatic carbocycles. The quantitative estimate of drug-likeness (QED) is 0.849. The van der Waals surface area contributed by atoms with Gasteiger partial charge in [0.2, 0.25) is 5.91 Å². The molecule has 2 rings (SSSR count). The van der Waals surface area contributed by atoms with Gasteiger partial charge in [0.1, 0.15) is 0 Å². The van der Waals surface area contributed by atoms with Crippen LogP contribution in [-0.2, 0) is 9.59 Å². The lowest BCUT2D eigenvalue weighted by molar-refractivity contribution is -0.313. The first-order valence-electron chi connectivity index (χ1n) is 6.73. The van der Waals surface area contributed by atoms with Crippen LogP contribution in [0.5, 0.6) is 0 Å². The fourth-order valence-electron chi connectivity index (χ4n) is 2.42. The number of aliphatic carboxylic acids is 1. The lowest BCUT2D eigenvalue weighted by atomic mass is 9.82. The van der Waals surface area contributed by atoms with Crippen molar-refractivity contribution >= 4 is 17.6 Å². The Labute approximate surface area is 118 Å². The summed E-state index contributed by atoms with van der Waals surface area (Å²) in [6, 6.07) is 5.65. The Kier molecular flexibility index (Phi) is 4.23. The molecule has 1 aromatic carbocycles. The van der Waals surface area contributed by atoms with Crippen LogP contribution in [0.4, 0.5) is 5.69 Å². The molecule has 0 saturated carbocycles. The van der Waals surface area contributed by atoms with Gasteiger partial charge < -0.3 is 15.2 Å². The maximum atomic E-state index is 12.2. The lowest BCUT2D eigenvalue weighted by Crippen LogP contribution is -2.41. The standard InChI is InChI=1S/C16H19NO3/c1-10-7-8-12(9-11(10)2)17-15(18)13-5-3-4-6-14(13)16(19)20/h3-4,7-9,13-14H,5-6H2,1-2H3,(H,17,18)(H,19,20)/p-1/t13-,14+/m0/s1. The van der Waals surface area contributed by atoms with Crippen molar-refractivity contribution in [3.8, 4) is 0 Å². The van der Waals surface area contributed by atoms with Crippen LogP contribution in [0.3, 0.4) is 0 Å². The number of carbonyl (C=O) groups is 2. The van der Waals surface area contributed by atoms with Crippen LogP contribution in [-0.4, -0.2) is 11.9 Å². The van der Waals surface area contributed by atoms with Crippen LogP contribution in [0.25, 0.3) is 0 Å². The largest absolute Gasteiger partial charge is 0.550 e. The number of carboxylic acid groups (broad SMARTS) is 1. The van der Waals surface area contributed by atoms with Gasteiger partial charge in [-0.2, -0.15) is 0 Å². The van der Waals surface area contributed by atoms with Gasteiger partial charge in [-0.05, 0) is 49.9 Å². The first kappa shape index (κ1) is 14.3. The van der Waals surface area contributed by atoms with Crippen LogP contribution in [0, 0.1) is 25.7 Å². The van der Waals surface area contributed by atoms with E-state index in [0.29, 0.717) is 18.5 Å². The van der Waals surface area contributed by atoms with Crippen LogP contribution < -0.4 is 10.4 Å². The van der Waals surface area contributed by atoms with Gasteiger partial charge >= 0.3 is 0 Å². The summed E-state index contributed by atoms with van der Waals surface area (Å²) in [6.45, 7) is 3.97. The van der Waals surface area contributed by atoms with Crippen molar-refractivity contribution in [3.63, 3.8) is 0 Å². The van der Waals surface area contributed by atoms with Crippen LogP contribution in [0.15, 0.2) is 30.4 Å². The van der Waals surface area contributed by atoms with Crippen molar-refractivity contribution in [1.29, 1.82) is 0 Å². The van der Waals surface area contributed by atoms with Gasteiger partial charge in [-0.1, -0.05) is 18.2 Å². The molecule has 0 radical (unpaired) electrons. The van der Waals surface area contributed by atoms with E-state index in [9.17, 15) is 14.7 Å². The Morgan fingerprint density at radius 1 is 1.10 bits per heavy atom. The van der Waals surface area contributed by atoms with Gasteiger partial charge in [-0.15, -0.1) is 0 Å². The van der Waals surface area contributed by atoms with E-state index in [-0.39, 0.29) is 5.91 Å². The number of allylic oxidation sites excluding steroid dienone is 2. The Balaban J connectivity index is 2.12. The summed E-state index contributed by atoms with van der Waals surface area (Å²) in [5.41, 5.74) is 2.93. The second-order valence-electron chi connectivity index (χ2n) is 5.26. The number of benzene rings is 1. The fourth-order valence-corrected chi connectivity index (χ4v) is 2.42. The van der Waals surface area contributed by atoms with Crippen molar-refractivity contribution in [3.05, 3.63) is 41.5 Å². The number of anilines is 1. The summed E-state index contributed by atoms with van der Waals surface area (Å²) in [4.78, 5) is 23.3. The third kappa shape index (κ3) is 3.07. The summed E-state index contributed by atoms with van der Waals surface area (Å²) in [6.07, 6.45) is 4.44. The number of carboxylic acids is 1. The highest BCUT2D eigenvalue weighted by molar-refractivity contribution is 5.95. The molecule has 20 heavy (non-hydrogen) atoms. The minimum Gasteiger partial charge on any atom is -0.550 e. The zero-order valence-electron chi connectivity index (χ0n) is 11.7. The molecule has 0 spiro atoms. The van der Waals surface area contributed by atoms with Gasteiger partial charge in [0.25, 0.3) is 0 Å². The van der Waals surface area contributed by atoms with E-state index >= 15 is 0 Å². The van der Waals surface area contributed by atoms with Crippen molar-refractivity contribution in [2.75, 3.05) is 5.32 Å². The Morgan fingerprint density at radius 3 is 2.35 bits per heavy atom. The third-order valence-corrected chi connectivity index (χ3v) is 3.85. The predicted octanol–water partition coefficient (Wildman–Crippen LogP) is 1.57. The molecule has 1 aliphatic rings. The summed E-state index contributed by atoms with van der Waals surface area (Å²) >= 11 is 0. The number of nitrogens with one attached hydrogen (secondary N) is 1. The Bertz CT molecular complexity index is 563. The molecule has 0 heterocycles. The molecule has 0 fully saturated rings. The number of hydrogen-bond donors (Lipinski definition) is 1. The van der Waals surface area contributed by atoms with E-state index in [2.05, 4.69) is 5.32 Å².